The molecule has 2 saturated heterocycles. The highest BCUT2D eigenvalue weighted by atomic mass is 16.5. The Hall–Kier alpha value is -1.70. The fraction of sp³-hybridized carbons (Fsp3) is 0.700. The lowest BCUT2D eigenvalue weighted by Crippen LogP contribution is -2.43. The number of nitrogens with zero attached hydrogens (tertiary/aromatic N) is 5. The number of aryl methyl sites for hydroxylation is 3. The van der Waals surface area contributed by atoms with Gasteiger partial charge in [0.1, 0.15) is 5.82 Å². The van der Waals surface area contributed by atoms with Crippen molar-refractivity contribution in [3.63, 3.8) is 0 Å². The lowest BCUT2D eigenvalue weighted by molar-refractivity contribution is 0.0464. The van der Waals surface area contributed by atoms with Gasteiger partial charge < -0.3 is 9.72 Å². The topological polar surface area (TPSA) is 62.2 Å². The van der Waals surface area contributed by atoms with Crippen LogP contribution < -0.4 is 0 Å². The van der Waals surface area contributed by atoms with Crippen molar-refractivity contribution in [1.29, 1.82) is 0 Å². The lowest BCUT2D eigenvalue weighted by Gasteiger charge is -2.30. The molecule has 2 bridgehead atoms. The quantitative estimate of drug-likeness (QED) is 0.838. The van der Waals surface area contributed by atoms with Crippen LogP contribution in [0.2, 0.25) is 0 Å². The van der Waals surface area contributed by atoms with Gasteiger partial charge >= 0.3 is 0 Å². The number of ether oxygens (including phenoxy) is 1. The Kier molecular flexibility index (Phi) is 5.61. The minimum atomic E-state index is 0.411. The molecule has 2 aliphatic heterocycles. The molecule has 0 aromatic carbocycles. The van der Waals surface area contributed by atoms with Gasteiger partial charge in [-0.25, -0.2) is 4.98 Å². The third-order valence-electron chi connectivity index (χ3n) is 5.79. The molecule has 4 rings (SSSR count). The summed E-state index contributed by atoms with van der Waals surface area (Å²) in [6.07, 6.45) is 3.03. The average molecular weight is 373 g/mol. The van der Waals surface area contributed by atoms with Crippen molar-refractivity contribution in [2.75, 3.05) is 32.8 Å². The van der Waals surface area contributed by atoms with Crippen molar-refractivity contribution in [1.82, 2.24) is 29.5 Å². The maximum Gasteiger partial charge on any atom is 0.106 e. The number of rotatable bonds is 6. The number of aromatic amines is 1. The summed E-state index contributed by atoms with van der Waals surface area (Å²) in [5.41, 5.74) is 3.56. The van der Waals surface area contributed by atoms with Crippen molar-refractivity contribution in [2.24, 2.45) is 5.92 Å². The molecule has 1 N–H and O–H groups in total. The van der Waals surface area contributed by atoms with Crippen molar-refractivity contribution >= 4 is 0 Å². The molecule has 2 aliphatic rings. The Morgan fingerprint density at radius 3 is 2.81 bits per heavy atom. The van der Waals surface area contributed by atoms with Crippen LogP contribution in [0.25, 0.3) is 0 Å². The van der Waals surface area contributed by atoms with E-state index >= 15 is 0 Å². The van der Waals surface area contributed by atoms with Crippen LogP contribution in [0, 0.1) is 12.8 Å². The summed E-state index contributed by atoms with van der Waals surface area (Å²) in [6.45, 7) is 14.0. The zero-order chi connectivity index (χ0) is 18.8. The van der Waals surface area contributed by atoms with Gasteiger partial charge in [0.2, 0.25) is 0 Å². The fourth-order valence-corrected chi connectivity index (χ4v) is 4.32. The van der Waals surface area contributed by atoms with E-state index in [2.05, 4.69) is 52.9 Å². The Morgan fingerprint density at radius 2 is 2.07 bits per heavy atom. The van der Waals surface area contributed by atoms with Crippen LogP contribution >= 0.6 is 0 Å². The molecular formula is C20H32N6O. The van der Waals surface area contributed by atoms with Gasteiger partial charge in [0, 0.05) is 69.5 Å². The zero-order valence-corrected chi connectivity index (χ0v) is 16.8. The highest BCUT2D eigenvalue weighted by molar-refractivity contribution is 5.13. The predicted octanol–water partition coefficient (Wildman–Crippen LogP) is 1.83. The number of imidazole rings is 1. The molecule has 0 radical (unpaired) electrons. The Labute approximate surface area is 161 Å². The van der Waals surface area contributed by atoms with Crippen LogP contribution in [0.4, 0.5) is 0 Å². The monoisotopic (exact) mass is 372 g/mol. The smallest absolute Gasteiger partial charge is 0.106 e. The molecule has 0 unspecified atom stereocenters. The van der Waals surface area contributed by atoms with E-state index in [9.17, 15) is 0 Å². The van der Waals surface area contributed by atoms with E-state index in [0.29, 0.717) is 12.0 Å². The molecule has 0 spiro atoms. The molecule has 7 nitrogen and oxygen atoms in total. The van der Waals surface area contributed by atoms with Crippen LogP contribution in [0.15, 0.2) is 12.3 Å². The highest BCUT2D eigenvalue weighted by Crippen LogP contribution is 2.23. The normalized spacial score (nSPS) is 24.3. The summed E-state index contributed by atoms with van der Waals surface area (Å²) in [7, 11) is 0. The summed E-state index contributed by atoms with van der Waals surface area (Å²) < 4.78 is 7.99. The highest BCUT2D eigenvalue weighted by Gasteiger charge is 2.34. The van der Waals surface area contributed by atoms with Gasteiger partial charge in [0.05, 0.1) is 24.6 Å². The van der Waals surface area contributed by atoms with Crippen molar-refractivity contribution in [2.45, 2.75) is 52.9 Å². The van der Waals surface area contributed by atoms with Gasteiger partial charge in [0.15, 0.2) is 0 Å². The minimum Gasteiger partial charge on any atom is -0.379 e. The minimum absolute atomic E-state index is 0.411. The molecule has 2 atom stereocenters. The Bertz CT molecular complexity index is 753. The van der Waals surface area contributed by atoms with Crippen molar-refractivity contribution in [3.8, 4) is 0 Å². The first-order valence-electron chi connectivity index (χ1n) is 10.3. The van der Waals surface area contributed by atoms with Gasteiger partial charge in [0.25, 0.3) is 0 Å². The fourth-order valence-electron chi connectivity index (χ4n) is 4.32. The maximum absolute atomic E-state index is 5.98. The predicted molar refractivity (Wildman–Crippen MR) is 104 cm³/mol. The van der Waals surface area contributed by atoms with E-state index < -0.39 is 0 Å². The van der Waals surface area contributed by atoms with E-state index in [1.807, 2.05) is 4.68 Å². The molecule has 27 heavy (non-hydrogen) atoms. The molecule has 2 aromatic heterocycles. The second-order valence-corrected chi connectivity index (χ2v) is 7.95. The van der Waals surface area contributed by atoms with Crippen molar-refractivity contribution in [3.05, 3.63) is 35.2 Å². The van der Waals surface area contributed by atoms with Gasteiger partial charge in [-0.05, 0) is 19.9 Å². The second-order valence-electron chi connectivity index (χ2n) is 7.95. The second kappa shape index (κ2) is 8.12. The largest absolute Gasteiger partial charge is 0.379 e. The average Bonchev–Trinajstić information content (AvgIpc) is 3.14. The number of aromatic nitrogens is 4. The molecule has 0 aliphatic carbocycles. The van der Waals surface area contributed by atoms with Gasteiger partial charge in [-0.15, -0.1) is 0 Å². The number of nitrogens with one attached hydrogen (secondary N) is 1. The SMILES string of the molecule is CCc1nc(CN2C[C@@H]3COC[C@H](C2)N(Cc2ccn(CC)n2)C3)c(C)[nH]1. The van der Waals surface area contributed by atoms with Crippen LogP contribution in [0.5, 0.6) is 0 Å². The third kappa shape index (κ3) is 4.25. The molecule has 7 heteroatoms. The maximum atomic E-state index is 5.98. The summed E-state index contributed by atoms with van der Waals surface area (Å²) in [5.74, 6) is 1.63. The van der Waals surface area contributed by atoms with Crippen LogP contribution in [0.1, 0.15) is 36.8 Å². The first-order chi connectivity index (χ1) is 13.1. The van der Waals surface area contributed by atoms with E-state index in [1.165, 1.54) is 11.4 Å². The number of hydrogen-bond donors (Lipinski definition) is 1. The number of fused-ring (bicyclic) bond motifs is 3. The molecule has 2 aromatic rings. The summed E-state index contributed by atoms with van der Waals surface area (Å²) >= 11 is 0. The van der Waals surface area contributed by atoms with E-state index in [4.69, 9.17) is 9.72 Å². The zero-order valence-electron chi connectivity index (χ0n) is 16.8. The van der Waals surface area contributed by atoms with Crippen LogP contribution in [-0.4, -0.2) is 68.4 Å². The lowest BCUT2D eigenvalue weighted by atomic mass is 10.1. The first-order valence-corrected chi connectivity index (χ1v) is 10.3. The molecule has 4 heterocycles. The summed E-state index contributed by atoms with van der Waals surface area (Å²) in [5, 5.41) is 4.68. The standard InChI is InChI=1S/C20H32N6O/c1-4-20-21-15(3)19(22-20)12-24-8-16-9-25(18(11-24)14-27-13-16)10-17-6-7-26(5-2)23-17/h6-7,16,18H,4-5,8-14H2,1-3H3,(H,21,22)/t16-,18-/m0/s1. The van der Waals surface area contributed by atoms with E-state index in [1.54, 1.807) is 0 Å². The number of H-pyrrole nitrogens is 1. The first kappa shape index (κ1) is 18.7. The molecule has 0 amide bonds. The molecule has 0 saturated carbocycles. The summed E-state index contributed by atoms with van der Waals surface area (Å²) in [4.78, 5) is 13.4. The third-order valence-corrected chi connectivity index (χ3v) is 5.79. The van der Waals surface area contributed by atoms with Crippen LogP contribution in [0.3, 0.4) is 0 Å². The van der Waals surface area contributed by atoms with E-state index in [-0.39, 0.29) is 0 Å². The molecular weight excluding hydrogens is 340 g/mol. The van der Waals surface area contributed by atoms with Gasteiger partial charge in [-0.3, -0.25) is 14.5 Å². The van der Waals surface area contributed by atoms with Gasteiger partial charge in [-0.1, -0.05) is 6.92 Å². The summed E-state index contributed by atoms with van der Waals surface area (Å²) in [6, 6.07) is 2.56. The number of hydrogen-bond acceptors (Lipinski definition) is 5. The van der Waals surface area contributed by atoms with Crippen molar-refractivity contribution < 1.29 is 4.74 Å². The van der Waals surface area contributed by atoms with Crippen LogP contribution in [-0.2, 0) is 30.8 Å². The molecule has 148 valence electrons. The molecule has 2 fully saturated rings. The van der Waals surface area contributed by atoms with Gasteiger partial charge in [-0.2, -0.15) is 5.10 Å². The van der Waals surface area contributed by atoms with E-state index in [0.717, 1.165) is 70.4 Å². The Morgan fingerprint density at radius 1 is 1.19 bits per heavy atom. The Balaban J connectivity index is 1.46.